The maximum absolute atomic E-state index is 13.0. The Kier molecular flexibility index (Phi) is 6.04. The molecule has 4 heteroatoms. The van der Waals surface area contributed by atoms with Crippen LogP contribution in [0.25, 0.3) is 0 Å². The van der Waals surface area contributed by atoms with Crippen molar-refractivity contribution >= 4 is 5.91 Å². The van der Waals surface area contributed by atoms with Crippen LogP contribution < -0.4 is 5.32 Å². The van der Waals surface area contributed by atoms with Crippen molar-refractivity contribution in [2.24, 2.45) is 11.8 Å². The van der Waals surface area contributed by atoms with Gasteiger partial charge in [-0.1, -0.05) is 56.3 Å². The number of likely N-dealkylation sites (N-methyl/N-ethyl adjacent to an activating group) is 1. The molecule has 0 aromatic heterocycles. The number of amides is 1. The van der Waals surface area contributed by atoms with E-state index in [2.05, 4.69) is 36.2 Å². The molecule has 1 aliphatic carbocycles. The number of carbonyl (C=O) groups excluding carboxylic acids is 1. The highest BCUT2D eigenvalue weighted by atomic mass is 16.3. The fourth-order valence-corrected chi connectivity index (χ4v) is 4.67. The van der Waals surface area contributed by atoms with Crippen molar-refractivity contribution < 1.29 is 9.90 Å². The Hall–Kier alpha value is -2.33. The Balaban J connectivity index is 1.65. The van der Waals surface area contributed by atoms with E-state index in [1.54, 1.807) is 0 Å². The summed E-state index contributed by atoms with van der Waals surface area (Å²) in [4.78, 5) is 15.1. The predicted molar refractivity (Wildman–Crippen MR) is 118 cm³/mol. The highest BCUT2D eigenvalue weighted by molar-refractivity contribution is 5.85. The van der Waals surface area contributed by atoms with Crippen molar-refractivity contribution in [3.8, 4) is 5.75 Å². The van der Waals surface area contributed by atoms with E-state index in [0.29, 0.717) is 18.2 Å². The van der Waals surface area contributed by atoms with Crippen LogP contribution >= 0.6 is 0 Å². The minimum absolute atomic E-state index is 0.0193. The Labute approximate surface area is 174 Å². The molecule has 1 saturated carbocycles. The van der Waals surface area contributed by atoms with Crippen LogP contribution in [0.2, 0.25) is 0 Å². The Morgan fingerprint density at radius 2 is 1.76 bits per heavy atom. The van der Waals surface area contributed by atoms with Gasteiger partial charge in [0.15, 0.2) is 0 Å². The topological polar surface area (TPSA) is 52.6 Å². The van der Waals surface area contributed by atoms with E-state index in [4.69, 9.17) is 0 Å². The second-order valence-corrected chi connectivity index (χ2v) is 9.06. The van der Waals surface area contributed by atoms with Crippen LogP contribution in [0.1, 0.15) is 36.1 Å². The van der Waals surface area contributed by atoms with E-state index in [1.807, 2.05) is 58.3 Å². The summed E-state index contributed by atoms with van der Waals surface area (Å²) in [6.45, 7) is 8.83. The molecule has 1 fully saturated rings. The second-order valence-electron chi connectivity index (χ2n) is 9.06. The summed E-state index contributed by atoms with van der Waals surface area (Å²) in [5.74, 6) is 0.871. The molecule has 4 nitrogen and oxygen atoms in total. The van der Waals surface area contributed by atoms with Crippen LogP contribution in [0.4, 0.5) is 0 Å². The quantitative estimate of drug-likeness (QED) is 0.751. The average Bonchev–Trinajstić information content (AvgIpc) is 3.25. The molecule has 0 bridgehead atoms. The molecule has 2 unspecified atom stereocenters. The Morgan fingerprint density at radius 3 is 2.31 bits per heavy atom. The lowest BCUT2D eigenvalue weighted by Crippen LogP contribution is -2.42. The van der Waals surface area contributed by atoms with Gasteiger partial charge in [0.2, 0.25) is 5.91 Å². The maximum Gasteiger partial charge on any atom is 0.224 e. The maximum atomic E-state index is 13.0. The molecule has 1 aliphatic rings. The molecule has 3 rings (SSSR count). The van der Waals surface area contributed by atoms with Gasteiger partial charge in [-0.05, 0) is 62.5 Å². The number of nitrogens with one attached hydrogen (secondary N) is 1. The zero-order valence-corrected chi connectivity index (χ0v) is 18.5. The molecule has 2 N–H and O–H groups in total. The second kappa shape index (κ2) is 8.19. The highest BCUT2D eigenvalue weighted by Crippen LogP contribution is 2.59. The van der Waals surface area contributed by atoms with Crippen LogP contribution in [-0.2, 0) is 16.6 Å². The SMILES string of the molecule is Cc1cc(C[C@@H](CNC(=O)C2C(C)[C@]2(C)c2ccccc2)N(C)C)cc(C)c1O. The summed E-state index contributed by atoms with van der Waals surface area (Å²) in [6, 6.07) is 14.6. The summed E-state index contributed by atoms with van der Waals surface area (Å²) >= 11 is 0. The van der Waals surface area contributed by atoms with E-state index >= 15 is 0 Å². The van der Waals surface area contributed by atoms with Gasteiger partial charge in [-0.25, -0.2) is 0 Å². The summed E-state index contributed by atoms with van der Waals surface area (Å²) < 4.78 is 0. The van der Waals surface area contributed by atoms with Crippen molar-refractivity contribution in [1.29, 1.82) is 0 Å². The fourth-order valence-electron chi connectivity index (χ4n) is 4.67. The predicted octanol–water partition coefficient (Wildman–Crippen LogP) is 3.82. The molecule has 0 heterocycles. The van der Waals surface area contributed by atoms with E-state index in [-0.39, 0.29) is 23.3 Å². The largest absolute Gasteiger partial charge is 0.507 e. The summed E-state index contributed by atoms with van der Waals surface area (Å²) in [7, 11) is 4.09. The van der Waals surface area contributed by atoms with Gasteiger partial charge in [0.1, 0.15) is 5.75 Å². The first-order valence-electron chi connectivity index (χ1n) is 10.4. The molecule has 4 atom stereocenters. The third-order valence-electron chi connectivity index (χ3n) is 6.93. The van der Waals surface area contributed by atoms with Crippen LogP contribution in [0, 0.1) is 25.7 Å². The monoisotopic (exact) mass is 394 g/mol. The molecule has 1 amide bonds. The number of aromatic hydroxyl groups is 1. The van der Waals surface area contributed by atoms with Crippen LogP contribution in [0.3, 0.4) is 0 Å². The average molecular weight is 395 g/mol. The number of rotatable bonds is 7. The normalized spacial score (nSPS) is 24.4. The van der Waals surface area contributed by atoms with Gasteiger partial charge in [0, 0.05) is 18.0 Å². The first-order valence-corrected chi connectivity index (χ1v) is 10.4. The van der Waals surface area contributed by atoms with Crippen molar-refractivity contribution in [2.45, 2.75) is 45.6 Å². The van der Waals surface area contributed by atoms with E-state index in [0.717, 1.165) is 17.5 Å². The number of hydrogen-bond acceptors (Lipinski definition) is 3. The van der Waals surface area contributed by atoms with Crippen molar-refractivity contribution in [3.05, 3.63) is 64.7 Å². The van der Waals surface area contributed by atoms with Gasteiger partial charge >= 0.3 is 0 Å². The zero-order chi connectivity index (χ0) is 21.3. The van der Waals surface area contributed by atoms with E-state index < -0.39 is 0 Å². The molecule has 29 heavy (non-hydrogen) atoms. The lowest BCUT2D eigenvalue weighted by atomic mass is 9.94. The Bertz CT molecular complexity index is 855. The number of benzene rings is 2. The van der Waals surface area contributed by atoms with Gasteiger partial charge in [0.05, 0.1) is 5.92 Å². The summed E-state index contributed by atoms with van der Waals surface area (Å²) in [5, 5.41) is 13.2. The molecule has 0 radical (unpaired) electrons. The van der Waals surface area contributed by atoms with Gasteiger partial charge < -0.3 is 15.3 Å². The van der Waals surface area contributed by atoms with E-state index in [1.165, 1.54) is 11.1 Å². The Morgan fingerprint density at radius 1 is 1.17 bits per heavy atom. The number of carbonyl (C=O) groups is 1. The lowest BCUT2D eigenvalue weighted by molar-refractivity contribution is -0.123. The molecule has 0 saturated heterocycles. The van der Waals surface area contributed by atoms with Crippen molar-refractivity contribution in [2.75, 3.05) is 20.6 Å². The number of phenolic OH excluding ortho intramolecular Hbond substituents is 1. The van der Waals surface area contributed by atoms with Gasteiger partial charge in [-0.2, -0.15) is 0 Å². The molecular weight excluding hydrogens is 360 g/mol. The van der Waals surface area contributed by atoms with Crippen molar-refractivity contribution in [3.63, 3.8) is 0 Å². The third-order valence-corrected chi connectivity index (χ3v) is 6.93. The van der Waals surface area contributed by atoms with Crippen molar-refractivity contribution in [1.82, 2.24) is 10.2 Å². The van der Waals surface area contributed by atoms with Crippen LogP contribution in [0.15, 0.2) is 42.5 Å². The first kappa shape index (κ1) is 21.4. The van der Waals surface area contributed by atoms with E-state index in [9.17, 15) is 9.90 Å². The van der Waals surface area contributed by atoms with Gasteiger partial charge in [-0.15, -0.1) is 0 Å². The fraction of sp³-hybridized carbons (Fsp3) is 0.480. The minimum atomic E-state index is -0.0792. The minimum Gasteiger partial charge on any atom is -0.507 e. The highest BCUT2D eigenvalue weighted by Gasteiger charge is 2.62. The molecule has 2 aromatic rings. The number of hydrogen-bond donors (Lipinski definition) is 2. The standard InChI is InChI=1S/C25H34N2O2/c1-16-12-19(13-17(2)23(16)28)14-21(27(5)6)15-26-24(29)22-18(3)25(22,4)20-10-8-7-9-11-20/h7-13,18,21-22,28H,14-15H2,1-6H3,(H,26,29)/t18?,21-,22?,25+/m0/s1. The molecular formula is C25H34N2O2. The third kappa shape index (κ3) is 4.18. The van der Waals surface area contributed by atoms with Gasteiger partial charge in [0.25, 0.3) is 0 Å². The molecule has 2 aromatic carbocycles. The van der Waals surface area contributed by atoms with Gasteiger partial charge in [-0.3, -0.25) is 4.79 Å². The first-order chi connectivity index (χ1) is 13.7. The summed E-state index contributed by atoms with van der Waals surface area (Å²) in [5.41, 5.74) is 4.13. The number of nitrogens with zero attached hydrogens (tertiary/aromatic N) is 1. The molecule has 0 aliphatic heterocycles. The summed E-state index contributed by atoms with van der Waals surface area (Å²) in [6.07, 6.45) is 0.825. The van der Waals surface area contributed by atoms with Crippen LogP contribution in [-0.4, -0.2) is 42.6 Å². The van der Waals surface area contributed by atoms with Crippen LogP contribution in [0.5, 0.6) is 5.75 Å². The molecule has 156 valence electrons. The zero-order valence-electron chi connectivity index (χ0n) is 18.5. The smallest absolute Gasteiger partial charge is 0.224 e. The number of phenols is 1. The number of aryl methyl sites for hydroxylation is 2. The molecule has 0 spiro atoms. The lowest BCUT2D eigenvalue weighted by Gasteiger charge is -2.25.